The van der Waals surface area contributed by atoms with Gasteiger partial charge in [0.25, 0.3) is 0 Å². The largest absolute Gasteiger partial charge is 0.369 e. The molecule has 1 fully saturated rings. The first-order chi connectivity index (χ1) is 15.1. The summed E-state index contributed by atoms with van der Waals surface area (Å²) >= 11 is 0. The van der Waals surface area contributed by atoms with E-state index in [1.165, 1.54) is 5.56 Å². The van der Waals surface area contributed by atoms with Gasteiger partial charge in [0.15, 0.2) is 0 Å². The molecule has 0 heterocycles. The number of hydrogen-bond donors (Lipinski definition) is 1. The molecule has 4 rings (SSSR count). The SMILES string of the molecule is CN(Cc1ccccc1)C1CCCC(C(C(N)=O)(c2ccccc2)c2ccccc2)C1. The number of amides is 1. The van der Waals surface area contributed by atoms with E-state index in [4.69, 9.17) is 5.73 Å². The summed E-state index contributed by atoms with van der Waals surface area (Å²) in [4.78, 5) is 15.7. The van der Waals surface area contributed by atoms with Crippen molar-refractivity contribution in [2.45, 2.75) is 43.7 Å². The van der Waals surface area contributed by atoms with E-state index >= 15 is 0 Å². The van der Waals surface area contributed by atoms with E-state index in [9.17, 15) is 4.79 Å². The highest BCUT2D eigenvalue weighted by Crippen LogP contribution is 2.46. The van der Waals surface area contributed by atoms with Gasteiger partial charge < -0.3 is 5.73 Å². The van der Waals surface area contributed by atoms with Crippen LogP contribution in [0.15, 0.2) is 91.0 Å². The molecule has 0 saturated heterocycles. The Morgan fingerprint density at radius 1 is 0.871 bits per heavy atom. The van der Waals surface area contributed by atoms with E-state index in [1.807, 2.05) is 36.4 Å². The van der Waals surface area contributed by atoms with Gasteiger partial charge in [-0.2, -0.15) is 0 Å². The predicted molar refractivity (Wildman–Crippen MR) is 127 cm³/mol. The van der Waals surface area contributed by atoms with Crippen molar-refractivity contribution in [2.75, 3.05) is 7.05 Å². The number of primary amides is 1. The fourth-order valence-corrected chi connectivity index (χ4v) is 5.48. The lowest BCUT2D eigenvalue weighted by Crippen LogP contribution is -2.51. The zero-order chi connectivity index (χ0) is 21.7. The molecular weight excluding hydrogens is 380 g/mol. The van der Waals surface area contributed by atoms with Gasteiger partial charge in [-0.25, -0.2) is 0 Å². The monoisotopic (exact) mass is 412 g/mol. The lowest BCUT2D eigenvalue weighted by molar-refractivity contribution is -0.124. The van der Waals surface area contributed by atoms with Crippen molar-refractivity contribution in [1.82, 2.24) is 4.90 Å². The zero-order valence-electron chi connectivity index (χ0n) is 18.3. The number of carbonyl (C=O) groups is 1. The van der Waals surface area contributed by atoms with Gasteiger partial charge in [0, 0.05) is 12.6 Å². The van der Waals surface area contributed by atoms with Crippen LogP contribution >= 0.6 is 0 Å². The molecule has 2 N–H and O–H groups in total. The molecule has 1 amide bonds. The second-order valence-electron chi connectivity index (χ2n) is 8.82. The van der Waals surface area contributed by atoms with Crippen molar-refractivity contribution in [3.8, 4) is 0 Å². The van der Waals surface area contributed by atoms with Crippen LogP contribution in [0.25, 0.3) is 0 Å². The minimum Gasteiger partial charge on any atom is -0.369 e. The summed E-state index contributed by atoms with van der Waals surface area (Å²) in [7, 11) is 2.21. The molecule has 0 aliphatic heterocycles. The van der Waals surface area contributed by atoms with Gasteiger partial charge in [0.2, 0.25) is 5.91 Å². The summed E-state index contributed by atoms with van der Waals surface area (Å²) in [5.74, 6) is -0.0898. The van der Waals surface area contributed by atoms with Gasteiger partial charge in [-0.15, -0.1) is 0 Å². The Bertz CT molecular complexity index is 932. The molecule has 0 spiro atoms. The first-order valence-electron chi connectivity index (χ1n) is 11.3. The van der Waals surface area contributed by atoms with E-state index in [1.54, 1.807) is 0 Å². The summed E-state index contributed by atoms with van der Waals surface area (Å²) < 4.78 is 0. The lowest BCUT2D eigenvalue weighted by Gasteiger charge is -2.45. The highest BCUT2D eigenvalue weighted by Gasteiger charge is 2.48. The Kier molecular flexibility index (Phi) is 6.53. The summed E-state index contributed by atoms with van der Waals surface area (Å²) in [6.45, 7) is 0.915. The second-order valence-corrected chi connectivity index (χ2v) is 8.82. The van der Waals surface area contributed by atoms with Gasteiger partial charge in [-0.3, -0.25) is 9.69 Å². The van der Waals surface area contributed by atoms with Crippen molar-refractivity contribution in [3.63, 3.8) is 0 Å². The maximum absolute atomic E-state index is 13.3. The summed E-state index contributed by atoms with van der Waals surface area (Å²) in [5.41, 5.74) is 8.78. The molecule has 31 heavy (non-hydrogen) atoms. The number of benzene rings is 3. The van der Waals surface area contributed by atoms with E-state index in [0.29, 0.717) is 6.04 Å². The normalized spacial score (nSPS) is 19.3. The molecule has 0 aromatic heterocycles. The molecule has 3 heteroatoms. The Morgan fingerprint density at radius 2 is 1.39 bits per heavy atom. The maximum atomic E-state index is 13.3. The van der Waals surface area contributed by atoms with E-state index in [-0.39, 0.29) is 11.8 Å². The highest BCUT2D eigenvalue weighted by atomic mass is 16.1. The third kappa shape index (κ3) is 4.28. The Labute approximate surface area is 185 Å². The fraction of sp³-hybridized carbons (Fsp3) is 0.321. The van der Waals surface area contributed by atoms with Gasteiger partial charge >= 0.3 is 0 Å². The first-order valence-corrected chi connectivity index (χ1v) is 11.3. The van der Waals surface area contributed by atoms with E-state index in [0.717, 1.165) is 43.4 Å². The van der Waals surface area contributed by atoms with Crippen LogP contribution in [0.2, 0.25) is 0 Å². The van der Waals surface area contributed by atoms with Crippen molar-refractivity contribution in [3.05, 3.63) is 108 Å². The summed E-state index contributed by atoms with van der Waals surface area (Å²) in [6, 6.07) is 31.3. The number of carbonyl (C=O) groups excluding carboxylic acids is 1. The van der Waals surface area contributed by atoms with E-state index in [2.05, 4.69) is 66.5 Å². The molecule has 3 nitrogen and oxygen atoms in total. The quantitative estimate of drug-likeness (QED) is 0.583. The number of rotatable bonds is 7. The third-order valence-electron chi connectivity index (χ3n) is 7.00. The predicted octanol–water partition coefficient (Wildman–Crippen LogP) is 5.15. The van der Waals surface area contributed by atoms with Crippen molar-refractivity contribution < 1.29 is 4.79 Å². The molecule has 2 unspecified atom stereocenters. The zero-order valence-corrected chi connectivity index (χ0v) is 18.3. The van der Waals surface area contributed by atoms with Gasteiger partial charge in [0.1, 0.15) is 5.41 Å². The molecule has 0 bridgehead atoms. The van der Waals surface area contributed by atoms with Crippen molar-refractivity contribution in [2.24, 2.45) is 11.7 Å². The highest BCUT2D eigenvalue weighted by molar-refractivity contribution is 5.91. The molecular formula is C28H32N2O. The molecule has 3 aromatic carbocycles. The van der Waals surface area contributed by atoms with Gasteiger partial charge in [0.05, 0.1) is 0 Å². The van der Waals surface area contributed by atoms with E-state index < -0.39 is 5.41 Å². The molecule has 3 aromatic rings. The minimum absolute atomic E-state index is 0.159. The van der Waals surface area contributed by atoms with Crippen molar-refractivity contribution in [1.29, 1.82) is 0 Å². The Hall–Kier alpha value is -2.91. The topological polar surface area (TPSA) is 46.3 Å². The molecule has 0 radical (unpaired) electrons. The number of nitrogens with zero attached hydrogens (tertiary/aromatic N) is 1. The van der Waals surface area contributed by atoms with Crippen LogP contribution in [-0.2, 0) is 16.8 Å². The van der Waals surface area contributed by atoms with Crippen LogP contribution in [0.3, 0.4) is 0 Å². The third-order valence-corrected chi connectivity index (χ3v) is 7.00. The van der Waals surface area contributed by atoms with Crippen LogP contribution < -0.4 is 5.73 Å². The molecule has 1 aliphatic carbocycles. The van der Waals surface area contributed by atoms with Crippen LogP contribution in [0, 0.1) is 5.92 Å². The average molecular weight is 413 g/mol. The standard InChI is InChI=1S/C28H32N2O/c1-30(21-22-12-5-2-6-13-22)26-19-11-18-25(20-26)28(27(29)31,23-14-7-3-8-15-23)24-16-9-4-10-17-24/h2-10,12-17,25-26H,11,18-21H2,1H3,(H2,29,31). The second kappa shape index (κ2) is 9.49. The molecule has 160 valence electrons. The lowest BCUT2D eigenvalue weighted by atomic mass is 9.60. The van der Waals surface area contributed by atoms with Gasteiger partial charge in [-0.1, -0.05) is 97.4 Å². The maximum Gasteiger partial charge on any atom is 0.232 e. The van der Waals surface area contributed by atoms with Crippen molar-refractivity contribution >= 4 is 5.91 Å². The molecule has 1 aliphatic rings. The van der Waals surface area contributed by atoms with Crippen LogP contribution in [0.4, 0.5) is 0 Å². The Balaban J connectivity index is 1.69. The van der Waals surface area contributed by atoms with Crippen LogP contribution in [0.1, 0.15) is 42.4 Å². The summed E-state index contributed by atoms with van der Waals surface area (Å²) in [6.07, 6.45) is 4.21. The molecule has 1 saturated carbocycles. The average Bonchev–Trinajstić information content (AvgIpc) is 2.82. The fourth-order valence-electron chi connectivity index (χ4n) is 5.48. The van der Waals surface area contributed by atoms with Crippen LogP contribution in [0.5, 0.6) is 0 Å². The smallest absolute Gasteiger partial charge is 0.232 e. The minimum atomic E-state index is -0.811. The number of hydrogen-bond acceptors (Lipinski definition) is 2. The molecule has 2 atom stereocenters. The van der Waals surface area contributed by atoms with Crippen LogP contribution in [-0.4, -0.2) is 23.9 Å². The Morgan fingerprint density at radius 3 is 1.90 bits per heavy atom. The van der Waals surface area contributed by atoms with Gasteiger partial charge in [-0.05, 0) is 48.9 Å². The number of nitrogens with two attached hydrogens (primary N) is 1. The summed E-state index contributed by atoms with van der Waals surface area (Å²) in [5, 5.41) is 0. The first kappa shape index (κ1) is 21.3.